The van der Waals surface area contributed by atoms with Gasteiger partial charge in [0.25, 0.3) is 0 Å². The normalized spacial score (nSPS) is 10.7. The Morgan fingerprint density at radius 3 is 2.72 bits per heavy atom. The highest BCUT2D eigenvalue weighted by Crippen LogP contribution is 2.31. The zero-order valence-corrected chi connectivity index (χ0v) is 10.2. The lowest BCUT2D eigenvalue weighted by Gasteiger charge is -2.07. The van der Waals surface area contributed by atoms with E-state index in [1.54, 1.807) is 18.4 Å². The zero-order valence-electron chi connectivity index (χ0n) is 9.48. The van der Waals surface area contributed by atoms with E-state index in [2.05, 4.69) is 5.32 Å². The molecule has 0 fully saturated rings. The van der Waals surface area contributed by atoms with Crippen LogP contribution >= 0.6 is 11.6 Å². The second-order valence-corrected chi connectivity index (χ2v) is 4.44. The molecule has 90 valence electrons. The third-order valence-electron chi connectivity index (χ3n) is 2.76. The molecule has 0 aliphatic rings. The van der Waals surface area contributed by atoms with Gasteiger partial charge in [-0.1, -0.05) is 23.7 Å². The molecule has 0 aliphatic carbocycles. The van der Waals surface area contributed by atoms with E-state index in [9.17, 15) is 0 Å². The van der Waals surface area contributed by atoms with Gasteiger partial charge in [-0.05, 0) is 30.3 Å². The van der Waals surface area contributed by atoms with Crippen molar-refractivity contribution in [3.05, 3.63) is 53.8 Å². The minimum Gasteiger partial charge on any atom is -0.462 e. The van der Waals surface area contributed by atoms with Gasteiger partial charge in [-0.25, -0.2) is 0 Å². The standard InChI is InChI=1S/C14H11ClN2O/c15-9-5-6-12(11(16)7-9)17-13-8-18-14-4-2-1-3-10(13)14/h1-8,17H,16H2. The van der Waals surface area contributed by atoms with Crippen molar-refractivity contribution < 1.29 is 4.42 Å². The van der Waals surface area contributed by atoms with Crippen LogP contribution in [0.2, 0.25) is 5.02 Å². The maximum atomic E-state index is 5.90. The van der Waals surface area contributed by atoms with E-state index in [1.807, 2.05) is 30.3 Å². The van der Waals surface area contributed by atoms with E-state index in [-0.39, 0.29) is 0 Å². The van der Waals surface area contributed by atoms with Gasteiger partial charge in [-0.15, -0.1) is 0 Å². The number of hydrogen-bond acceptors (Lipinski definition) is 3. The highest BCUT2D eigenvalue weighted by Gasteiger charge is 2.06. The molecule has 3 rings (SSSR count). The van der Waals surface area contributed by atoms with Crippen LogP contribution in [0.15, 0.2) is 53.1 Å². The van der Waals surface area contributed by atoms with Crippen LogP contribution in [0.25, 0.3) is 11.0 Å². The topological polar surface area (TPSA) is 51.2 Å². The van der Waals surface area contributed by atoms with Gasteiger partial charge in [-0.2, -0.15) is 0 Å². The van der Waals surface area contributed by atoms with Crippen LogP contribution in [-0.2, 0) is 0 Å². The first-order chi connectivity index (χ1) is 8.74. The number of furan rings is 1. The molecular weight excluding hydrogens is 248 g/mol. The van der Waals surface area contributed by atoms with Gasteiger partial charge in [0.15, 0.2) is 0 Å². The van der Waals surface area contributed by atoms with Crippen molar-refractivity contribution in [2.75, 3.05) is 11.1 Å². The number of nitrogens with one attached hydrogen (secondary N) is 1. The highest BCUT2D eigenvalue weighted by atomic mass is 35.5. The van der Waals surface area contributed by atoms with Crippen LogP contribution in [-0.4, -0.2) is 0 Å². The summed E-state index contributed by atoms with van der Waals surface area (Å²) in [5, 5.41) is 4.89. The van der Waals surface area contributed by atoms with E-state index in [0.717, 1.165) is 22.3 Å². The van der Waals surface area contributed by atoms with Crippen LogP contribution in [0.1, 0.15) is 0 Å². The molecule has 0 atom stereocenters. The van der Waals surface area contributed by atoms with Crippen LogP contribution in [0.5, 0.6) is 0 Å². The lowest BCUT2D eigenvalue weighted by atomic mass is 10.2. The fraction of sp³-hybridized carbons (Fsp3) is 0. The summed E-state index contributed by atoms with van der Waals surface area (Å²) in [6, 6.07) is 13.2. The number of nitrogens with two attached hydrogens (primary N) is 1. The number of anilines is 3. The number of nitrogen functional groups attached to an aromatic ring is 1. The van der Waals surface area contributed by atoms with E-state index in [1.165, 1.54) is 0 Å². The maximum Gasteiger partial charge on any atom is 0.136 e. The van der Waals surface area contributed by atoms with Crippen LogP contribution in [0.4, 0.5) is 17.1 Å². The smallest absolute Gasteiger partial charge is 0.136 e. The second kappa shape index (κ2) is 4.27. The maximum absolute atomic E-state index is 5.90. The minimum atomic E-state index is 0.604. The van der Waals surface area contributed by atoms with Crippen LogP contribution in [0, 0.1) is 0 Å². The van der Waals surface area contributed by atoms with Gasteiger partial charge in [0.05, 0.1) is 17.1 Å². The minimum absolute atomic E-state index is 0.604. The van der Waals surface area contributed by atoms with Gasteiger partial charge in [-0.3, -0.25) is 0 Å². The Hall–Kier alpha value is -2.13. The van der Waals surface area contributed by atoms with Crippen LogP contribution < -0.4 is 11.1 Å². The van der Waals surface area contributed by atoms with Crippen molar-refractivity contribution >= 4 is 39.6 Å². The molecule has 1 heterocycles. The summed E-state index contributed by atoms with van der Waals surface area (Å²) < 4.78 is 5.46. The predicted octanol–water partition coefficient (Wildman–Crippen LogP) is 4.41. The summed E-state index contributed by atoms with van der Waals surface area (Å²) >= 11 is 5.87. The fourth-order valence-electron chi connectivity index (χ4n) is 1.87. The lowest BCUT2D eigenvalue weighted by molar-refractivity contribution is 0.617. The van der Waals surface area contributed by atoms with Crippen molar-refractivity contribution in [3.8, 4) is 0 Å². The number of benzene rings is 2. The van der Waals surface area contributed by atoms with Crippen molar-refractivity contribution in [2.45, 2.75) is 0 Å². The largest absolute Gasteiger partial charge is 0.462 e. The average Bonchev–Trinajstić information content (AvgIpc) is 2.76. The SMILES string of the molecule is Nc1cc(Cl)ccc1Nc1coc2ccccc12. The number of para-hydroxylation sites is 1. The first kappa shape index (κ1) is 11.0. The number of rotatable bonds is 2. The molecule has 0 radical (unpaired) electrons. The van der Waals surface area contributed by atoms with E-state index in [4.69, 9.17) is 21.8 Å². The Morgan fingerprint density at radius 2 is 1.89 bits per heavy atom. The molecule has 3 aromatic rings. The Balaban J connectivity index is 2.01. The molecule has 0 saturated heterocycles. The van der Waals surface area contributed by atoms with E-state index in [0.29, 0.717) is 10.7 Å². The molecule has 0 bridgehead atoms. The molecule has 3 nitrogen and oxygen atoms in total. The Kier molecular flexibility index (Phi) is 2.61. The predicted molar refractivity (Wildman–Crippen MR) is 75.4 cm³/mol. The van der Waals surface area contributed by atoms with Crippen molar-refractivity contribution in [3.63, 3.8) is 0 Å². The molecule has 0 saturated carbocycles. The number of halogens is 1. The Labute approximate surface area is 109 Å². The molecule has 18 heavy (non-hydrogen) atoms. The summed E-state index contributed by atoms with van der Waals surface area (Å²) in [7, 11) is 0. The van der Waals surface area contributed by atoms with Gasteiger partial charge in [0.2, 0.25) is 0 Å². The molecular formula is C14H11ClN2O. The number of hydrogen-bond donors (Lipinski definition) is 2. The molecule has 0 aliphatic heterocycles. The first-order valence-electron chi connectivity index (χ1n) is 5.52. The summed E-state index contributed by atoms with van der Waals surface area (Å²) in [6.45, 7) is 0. The molecule has 0 spiro atoms. The molecule has 3 N–H and O–H groups in total. The van der Waals surface area contributed by atoms with Gasteiger partial charge < -0.3 is 15.5 Å². The molecule has 2 aromatic carbocycles. The Bertz CT molecular complexity index is 706. The van der Waals surface area contributed by atoms with Crippen LogP contribution in [0.3, 0.4) is 0 Å². The third kappa shape index (κ3) is 1.89. The molecule has 1 aromatic heterocycles. The summed E-state index contributed by atoms with van der Waals surface area (Å²) in [4.78, 5) is 0. The summed E-state index contributed by atoms with van der Waals surface area (Å²) in [6.07, 6.45) is 1.68. The van der Waals surface area contributed by atoms with Gasteiger partial charge in [0.1, 0.15) is 11.8 Å². The van der Waals surface area contributed by atoms with Gasteiger partial charge >= 0.3 is 0 Å². The average molecular weight is 259 g/mol. The summed E-state index contributed by atoms with van der Waals surface area (Å²) in [5.41, 5.74) is 9.05. The van der Waals surface area contributed by atoms with Crippen molar-refractivity contribution in [1.29, 1.82) is 0 Å². The quantitative estimate of drug-likeness (QED) is 0.670. The zero-order chi connectivity index (χ0) is 12.5. The first-order valence-corrected chi connectivity index (χ1v) is 5.90. The van der Waals surface area contributed by atoms with Gasteiger partial charge in [0, 0.05) is 10.4 Å². The monoisotopic (exact) mass is 258 g/mol. The third-order valence-corrected chi connectivity index (χ3v) is 3.00. The lowest BCUT2D eigenvalue weighted by Crippen LogP contribution is -1.95. The van der Waals surface area contributed by atoms with E-state index < -0.39 is 0 Å². The molecule has 4 heteroatoms. The fourth-order valence-corrected chi connectivity index (χ4v) is 2.05. The molecule has 0 unspecified atom stereocenters. The van der Waals surface area contributed by atoms with Crippen molar-refractivity contribution in [2.24, 2.45) is 0 Å². The summed E-state index contributed by atoms with van der Waals surface area (Å²) in [5.74, 6) is 0. The molecule has 0 amide bonds. The van der Waals surface area contributed by atoms with E-state index >= 15 is 0 Å². The number of fused-ring (bicyclic) bond motifs is 1. The van der Waals surface area contributed by atoms with Crippen molar-refractivity contribution in [1.82, 2.24) is 0 Å². The Morgan fingerprint density at radius 1 is 1.06 bits per heavy atom. The second-order valence-electron chi connectivity index (χ2n) is 4.00. The highest BCUT2D eigenvalue weighted by molar-refractivity contribution is 6.31.